The molecule has 70 valence electrons. The van der Waals surface area contributed by atoms with Crippen LogP contribution in [-0.4, -0.2) is 16.3 Å². The SMILES string of the molecule is N#CCCCC#CCC(S)C(=O)O. The molecule has 0 amide bonds. The van der Waals surface area contributed by atoms with Crippen molar-refractivity contribution < 1.29 is 9.90 Å². The Hall–Kier alpha value is -1.13. The van der Waals surface area contributed by atoms with Gasteiger partial charge in [0.1, 0.15) is 5.25 Å². The first-order chi connectivity index (χ1) is 6.18. The highest BCUT2D eigenvalue weighted by molar-refractivity contribution is 7.81. The molecule has 0 aromatic rings. The van der Waals surface area contributed by atoms with Crippen LogP contribution in [0.2, 0.25) is 0 Å². The summed E-state index contributed by atoms with van der Waals surface area (Å²) in [5.41, 5.74) is 0. The molecule has 0 aromatic heterocycles. The van der Waals surface area contributed by atoms with Gasteiger partial charge in [-0.2, -0.15) is 17.9 Å². The summed E-state index contributed by atoms with van der Waals surface area (Å²) < 4.78 is 0. The van der Waals surface area contributed by atoms with Crippen molar-refractivity contribution in [3.05, 3.63) is 0 Å². The number of rotatable bonds is 4. The molecule has 4 heteroatoms. The van der Waals surface area contributed by atoms with Gasteiger partial charge in [-0.15, -0.1) is 11.8 Å². The molecule has 0 radical (unpaired) electrons. The number of carbonyl (C=O) groups is 1. The summed E-state index contributed by atoms with van der Waals surface area (Å²) in [7, 11) is 0. The molecule has 0 spiro atoms. The molecule has 0 fully saturated rings. The van der Waals surface area contributed by atoms with E-state index in [4.69, 9.17) is 10.4 Å². The van der Waals surface area contributed by atoms with Gasteiger partial charge in [-0.1, -0.05) is 0 Å². The Labute approximate surface area is 83.2 Å². The molecule has 0 bridgehead atoms. The molecule has 0 aliphatic heterocycles. The smallest absolute Gasteiger partial charge is 0.317 e. The fraction of sp³-hybridized carbons (Fsp3) is 0.556. The molecule has 1 unspecified atom stereocenters. The molecular formula is C9H11NO2S. The standard InChI is InChI=1S/C9H11NO2S/c10-7-5-3-1-2-4-6-8(13)9(11)12/h8,13H,1,3,5-6H2,(H,11,12). The first kappa shape index (κ1) is 11.9. The minimum atomic E-state index is -0.949. The minimum absolute atomic E-state index is 0.255. The molecule has 1 N–H and O–H groups in total. The number of hydrogen-bond acceptors (Lipinski definition) is 3. The molecular weight excluding hydrogens is 186 g/mol. The van der Waals surface area contributed by atoms with Crippen LogP contribution in [0.1, 0.15) is 25.7 Å². The van der Waals surface area contributed by atoms with E-state index in [1.54, 1.807) is 0 Å². The highest BCUT2D eigenvalue weighted by Crippen LogP contribution is 1.99. The van der Waals surface area contributed by atoms with E-state index in [0.717, 1.165) is 6.42 Å². The van der Waals surface area contributed by atoms with Gasteiger partial charge >= 0.3 is 5.97 Å². The lowest BCUT2D eigenvalue weighted by Gasteiger charge is -1.96. The van der Waals surface area contributed by atoms with E-state index in [1.807, 2.05) is 6.07 Å². The van der Waals surface area contributed by atoms with Crippen LogP contribution in [0.25, 0.3) is 0 Å². The molecule has 0 heterocycles. The number of nitriles is 1. The summed E-state index contributed by atoms with van der Waals surface area (Å²) in [6.45, 7) is 0. The van der Waals surface area contributed by atoms with Crippen molar-refractivity contribution in [2.75, 3.05) is 0 Å². The summed E-state index contributed by atoms with van der Waals surface area (Å²) in [6, 6.07) is 2.01. The van der Waals surface area contributed by atoms with E-state index >= 15 is 0 Å². The average molecular weight is 197 g/mol. The minimum Gasteiger partial charge on any atom is -0.480 e. The molecule has 3 nitrogen and oxygen atoms in total. The summed E-state index contributed by atoms with van der Waals surface area (Å²) in [4.78, 5) is 10.3. The molecule has 0 rings (SSSR count). The first-order valence-electron chi connectivity index (χ1n) is 3.92. The molecule has 0 aliphatic carbocycles. The van der Waals surface area contributed by atoms with Gasteiger partial charge in [0.05, 0.1) is 6.07 Å². The van der Waals surface area contributed by atoms with E-state index in [9.17, 15) is 4.79 Å². The lowest BCUT2D eigenvalue weighted by molar-refractivity contribution is -0.136. The second kappa shape index (κ2) is 7.52. The predicted octanol–water partition coefficient (Wildman–Crippen LogP) is 1.46. The van der Waals surface area contributed by atoms with Crippen LogP contribution in [0.4, 0.5) is 0 Å². The van der Waals surface area contributed by atoms with Crippen LogP contribution in [-0.2, 0) is 4.79 Å². The number of carboxylic acids is 1. The average Bonchev–Trinajstić information content (AvgIpc) is 2.10. The van der Waals surface area contributed by atoms with Gasteiger partial charge in [0, 0.05) is 19.3 Å². The van der Waals surface area contributed by atoms with Crippen molar-refractivity contribution in [1.29, 1.82) is 5.26 Å². The van der Waals surface area contributed by atoms with Crippen molar-refractivity contribution in [2.24, 2.45) is 0 Å². The lowest BCUT2D eigenvalue weighted by atomic mass is 10.2. The van der Waals surface area contributed by atoms with Gasteiger partial charge in [0.25, 0.3) is 0 Å². The number of nitrogens with zero attached hydrogens (tertiary/aromatic N) is 1. The summed E-state index contributed by atoms with van der Waals surface area (Å²) in [6.07, 6.45) is 2.14. The van der Waals surface area contributed by atoms with Crippen LogP contribution in [0.3, 0.4) is 0 Å². The molecule has 0 saturated heterocycles. The third-order valence-electron chi connectivity index (χ3n) is 1.30. The largest absolute Gasteiger partial charge is 0.480 e. The normalized spacial score (nSPS) is 10.8. The highest BCUT2D eigenvalue weighted by Gasteiger charge is 2.08. The Morgan fingerprint density at radius 2 is 2.15 bits per heavy atom. The number of hydrogen-bond donors (Lipinski definition) is 2. The highest BCUT2D eigenvalue weighted by atomic mass is 32.1. The zero-order valence-electron chi connectivity index (χ0n) is 7.16. The van der Waals surface area contributed by atoms with Crippen LogP contribution in [0.5, 0.6) is 0 Å². The maximum atomic E-state index is 10.3. The number of aliphatic carboxylic acids is 1. The number of thiol groups is 1. The Morgan fingerprint density at radius 1 is 1.46 bits per heavy atom. The zero-order chi connectivity index (χ0) is 10.1. The predicted molar refractivity (Wildman–Crippen MR) is 52.3 cm³/mol. The molecule has 0 saturated carbocycles. The fourth-order valence-electron chi connectivity index (χ4n) is 0.600. The Morgan fingerprint density at radius 3 is 2.69 bits per heavy atom. The Kier molecular flexibility index (Phi) is 6.86. The monoisotopic (exact) mass is 197 g/mol. The van der Waals surface area contributed by atoms with Crippen LogP contribution >= 0.6 is 12.6 Å². The van der Waals surface area contributed by atoms with E-state index in [-0.39, 0.29) is 6.42 Å². The second-order valence-electron chi connectivity index (χ2n) is 2.42. The van der Waals surface area contributed by atoms with Gasteiger partial charge in [0.15, 0.2) is 0 Å². The third kappa shape index (κ3) is 7.24. The second-order valence-corrected chi connectivity index (χ2v) is 3.05. The number of unbranched alkanes of at least 4 members (excludes halogenated alkanes) is 2. The van der Waals surface area contributed by atoms with Crippen molar-refractivity contribution in [3.8, 4) is 17.9 Å². The van der Waals surface area contributed by atoms with Crippen molar-refractivity contribution in [1.82, 2.24) is 0 Å². The van der Waals surface area contributed by atoms with Gasteiger partial charge < -0.3 is 5.11 Å². The third-order valence-corrected chi connectivity index (χ3v) is 1.70. The zero-order valence-corrected chi connectivity index (χ0v) is 8.05. The fourth-order valence-corrected chi connectivity index (χ4v) is 0.692. The lowest BCUT2D eigenvalue weighted by Crippen LogP contribution is -2.11. The maximum Gasteiger partial charge on any atom is 0.317 e. The van der Waals surface area contributed by atoms with E-state index in [2.05, 4.69) is 24.5 Å². The van der Waals surface area contributed by atoms with Gasteiger partial charge in [-0.25, -0.2) is 0 Å². The molecule has 13 heavy (non-hydrogen) atoms. The van der Waals surface area contributed by atoms with Crippen LogP contribution < -0.4 is 0 Å². The maximum absolute atomic E-state index is 10.3. The Bertz CT molecular complexity index is 259. The van der Waals surface area contributed by atoms with Gasteiger partial charge in [-0.05, 0) is 6.42 Å². The Balaban J connectivity index is 3.51. The van der Waals surface area contributed by atoms with E-state index in [1.165, 1.54) is 0 Å². The molecule has 1 atom stereocenters. The van der Waals surface area contributed by atoms with Gasteiger partial charge in [-0.3, -0.25) is 4.79 Å². The van der Waals surface area contributed by atoms with E-state index < -0.39 is 11.2 Å². The van der Waals surface area contributed by atoms with Crippen LogP contribution in [0, 0.1) is 23.2 Å². The number of carboxylic acid groups (broad SMARTS) is 1. The summed E-state index contributed by atoms with van der Waals surface area (Å²) in [5.74, 6) is 4.55. The van der Waals surface area contributed by atoms with Crippen molar-refractivity contribution >= 4 is 18.6 Å². The van der Waals surface area contributed by atoms with Gasteiger partial charge in [0.2, 0.25) is 0 Å². The van der Waals surface area contributed by atoms with Crippen molar-refractivity contribution in [2.45, 2.75) is 30.9 Å². The first-order valence-corrected chi connectivity index (χ1v) is 4.43. The van der Waals surface area contributed by atoms with Crippen LogP contribution in [0.15, 0.2) is 0 Å². The molecule has 0 aromatic carbocycles. The summed E-state index contributed by atoms with van der Waals surface area (Å²) >= 11 is 3.81. The topological polar surface area (TPSA) is 61.1 Å². The molecule has 0 aliphatic rings. The summed E-state index contributed by atoms with van der Waals surface area (Å²) in [5, 5.41) is 15.9. The quantitative estimate of drug-likeness (QED) is 0.407. The van der Waals surface area contributed by atoms with Crippen molar-refractivity contribution in [3.63, 3.8) is 0 Å². The van der Waals surface area contributed by atoms with E-state index in [0.29, 0.717) is 12.8 Å².